The van der Waals surface area contributed by atoms with Crippen LogP contribution in [0.25, 0.3) is 0 Å². The van der Waals surface area contributed by atoms with Crippen LogP contribution in [-0.2, 0) is 12.8 Å². The topological polar surface area (TPSA) is 17.1 Å². The summed E-state index contributed by atoms with van der Waals surface area (Å²) < 4.78 is 1.04. The van der Waals surface area contributed by atoms with Gasteiger partial charge < -0.3 is 0 Å². The maximum atomic E-state index is 12.2. The number of rotatable bonds is 4. The van der Waals surface area contributed by atoms with Crippen LogP contribution in [0.5, 0.6) is 0 Å². The van der Waals surface area contributed by atoms with Crippen molar-refractivity contribution >= 4 is 33.0 Å². The second-order valence-corrected chi connectivity index (χ2v) is 6.39. The first-order valence-electron chi connectivity index (χ1n) is 5.97. The SMILES string of the molecule is CCc1ccc(CC(=O)c2ccc(Br)c(C)c2)s1. The monoisotopic (exact) mass is 322 g/mol. The van der Waals surface area contributed by atoms with Crippen molar-refractivity contribution in [2.24, 2.45) is 0 Å². The van der Waals surface area contributed by atoms with E-state index in [2.05, 4.69) is 35.0 Å². The van der Waals surface area contributed by atoms with Crippen LogP contribution in [-0.4, -0.2) is 5.78 Å². The molecule has 0 saturated carbocycles. The van der Waals surface area contributed by atoms with Crippen LogP contribution in [0.3, 0.4) is 0 Å². The first-order chi connectivity index (χ1) is 8.60. The van der Waals surface area contributed by atoms with Crippen molar-refractivity contribution < 1.29 is 4.79 Å². The molecule has 3 heteroatoms. The highest BCUT2D eigenvalue weighted by molar-refractivity contribution is 9.10. The molecule has 1 aromatic heterocycles. The minimum absolute atomic E-state index is 0.190. The van der Waals surface area contributed by atoms with Gasteiger partial charge >= 0.3 is 0 Å². The molecule has 0 aliphatic carbocycles. The van der Waals surface area contributed by atoms with E-state index in [9.17, 15) is 4.79 Å². The van der Waals surface area contributed by atoms with Crippen LogP contribution in [0.1, 0.15) is 32.6 Å². The smallest absolute Gasteiger partial charge is 0.168 e. The van der Waals surface area contributed by atoms with Crippen LogP contribution >= 0.6 is 27.3 Å². The van der Waals surface area contributed by atoms with Crippen molar-refractivity contribution in [1.82, 2.24) is 0 Å². The molecule has 2 rings (SSSR count). The van der Waals surface area contributed by atoms with Crippen molar-refractivity contribution in [3.63, 3.8) is 0 Å². The molecule has 0 bridgehead atoms. The lowest BCUT2D eigenvalue weighted by atomic mass is 10.1. The van der Waals surface area contributed by atoms with E-state index in [1.165, 1.54) is 4.88 Å². The molecule has 0 aliphatic rings. The van der Waals surface area contributed by atoms with Crippen LogP contribution in [0.4, 0.5) is 0 Å². The molecule has 94 valence electrons. The van der Waals surface area contributed by atoms with E-state index in [-0.39, 0.29) is 5.78 Å². The van der Waals surface area contributed by atoms with E-state index < -0.39 is 0 Å². The second-order valence-electron chi connectivity index (χ2n) is 4.29. The van der Waals surface area contributed by atoms with Gasteiger partial charge in [-0.25, -0.2) is 0 Å². The molecular formula is C15H15BrOS. The molecule has 0 spiro atoms. The Morgan fingerprint density at radius 1 is 1.22 bits per heavy atom. The van der Waals surface area contributed by atoms with Gasteiger partial charge in [0.2, 0.25) is 0 Å². The van der Waals surface area contributed by atoms with Crippen LogP contribution in [0.2, 0.25) is 0 Å². The molecular weight excluding hydrogens is 308 g/mol. The Balaban J connectivity index is 2.14. The number of carbonyl (C=O) groups excluding carboxylic acids is 1. The van der Waals surface area contributed by atoms with Gasteiger partial charge in [0.1, 0.15) is 0 Å². The lowest BCUT2D eigenvalue weighted by Gasteiger charge is -2.02. The standard InChI is InChI=1S/C15H15BrOS/c1-3-12-5-6-13(18-12)9-15(17)11-4-7-14(16)10(2)8-11/h4-8H,3,9H2,1-2H3. The molecule has 0 aliphatic heterocycles. The molecule has 1 heterocycles. The molecule has 0 fully saturated rings. The van der Waals surface area contributed by atoms with E-state index in [0.29, 0.717) is 6.42 Å². The predicted molar refractivity (Wildman–Crippen MR) is 80.6 cm³/mol. The van der Waals surface area contributed by atoms with Crippen LogP contribution in [0, 0.1) is 6.92 Å². The number of ketones is 1. The van der Waals surface area contributed by atoms with Crippen LogP contribution < -0.4 is 0 Å². The summed E-state index contributed by atoms with van der Waals surface area (Å²) in [6, 6.07) is 9.94. The molecule has 0 atom stereocenters. The largest absolute Gasteiger partial charge is 0.294 e. The van der Waals surface area contributed by atoms with Gasteiger partial charge in [0.05, 0.1) is 0 Å². The Labute approximate surface area is 120 Å². The molecule has 0 amide bonds. The van der Waals surface area contributed by atoms with E-state index >= 15 is 0 Å². The van der Waals surface area contributed by atoms with Crippen LogP contribution in [0.15, 0.2) is 34.8 Å². The van der Waals surface area contributed by atoms with Gasteiger partial charge in [-0.2, -0.15) is 0 Å². The minimum Gasteiger partial charge on any atom is -0.294 e. The van der Waals surface area contributed by atoms with Gasteiger partial charge in [0.15, 0.2) is 5.78 Å². The fraction of sp³-hybridized carbons (Fsp3) is 0.267. The molecule has 0 unspecified atom stereocenters. The Kier molecular flexibility index (Phi) is 4.36. The number of Topliss-reactive ketones (excluding diaryl/α,β-unsaturated/α-hetero) is 1. The number of thiophene rings is 1. The van der Waals surface area contributed by atoms with Crippen molar-refractivity contribution in [3.05, 3.63) is 55.7 Å². The minimum atomic E-state index is 0.190. The lowest BCUT2D eigenvalue weighted by Crippen LogP contribution is -2.02. The fourth-order valence-corrected chi connectivity index (χ4v) is 2.99. The van der Waals surface area contributed by atoms with Gasteiger partial charge in [-0.1, -0.05) is 28.9 Å². The van der Waals surface area contributed by atoms with Crippen molar-refractivity contribution in [2.75, 3.05) is 0 Å². The summed E-state index contributed by atoms with van der Waals surface area (Å²) in [6.07, 6.45) is 1.54. The molecule has 2 aromatic rings. The Morgan fingerprint density at radius 2 is 1.94 bits per heavy atom. The summed E-state index contributed by atoms with van der Waals surface area (Å²) in [7, 11) is 0. The maximum Gasteiger partial charge on any atom is 0.168 e. The number of aryl methyl sites for hydroxylation is 2. The highest BCUT2D eigenvalue weighted by Gasteiger charge is 2.09. The zero-order chi connectivity index (χ0) is 13.1. The van der Waals surface area contributed by atoms with Gasteiger partial charge in [0, 0.05) is 26.2 Å². The zero-order valence-corrected chi connectivity index (χ0v) is 12.9. The van der Waals surface area contributed by atoms with Crippen molar-refractivity contribution in [2.45, 2.75) is 26.7 Å². The molecule has 1 aromatic carbocycles. The molecule has 0 radical (unpaired) electrons. The Morgan fingerprint density at radius 3 is 2.56 bits per heavy atom. The number of halogens is 1. The summed E-state index contributed by atoms with van der Waals surface area (Å²) >= 11 is 5.18. The van der Waals surface area contributed by atoms with Gasteiger partial charge in [-0.3, -0.25) is 4.79 Å². The first-order valence-corrected chi connectivity index (χ1v) is 7.58. The highest BCUT2D eigenvalue weighted by Crippen LogP contribution is 2.21. The summed E-state index contributed by atoms with van der Waals surface area (Å²) in [5.41, 5.74) is 1.89. The average molecular weight is 323 g/mol. The molecule has 18 heavy (non-hydrogen) atoms. The lowest BCUT2D eigenvalue weighted by molar-refractivity contribution is 0.0993. The summed E-state index contributed by atoms with van der Waals surface area (Å²) in [5.74, 6) is 0.190. The van der Waals surface area contributed by atoms with Crippen molar-refractivity contribution in [1.29, 1.82) is 0 Å². The first kappa shape index (κ1) is 13.5. The normalized spacial score (nSPS) is 10.6. The zero-order valence-electron chi connectivity index (χ0n) is 10.5. The third-order valence-electron chi connectivity index (χ3n) is 2.88. The average Bonchev–Trinajstić information content (AvgIpc) is 2.80. The molecule has 0 N–H and O–H groups in total. The summed E-state index contributed by atoms with van der Waals surface area (Å²) in [5, 5.41) is 0. The van der Waals surface area contributed by atoms with E-state index in [0.717, 1.165) is 26.9 Å². The van der Waals surface area contributed by atoms with Crippen molar-refractivity contribution in [3.8, 4) is 0 Å². The fourth-order valence-electron chi connectivity index (χ4n) is 1.79. The van der Waals surface area contributed by atoms with E-state index in [1.54, 1.807) is 11.3 Å². The Hall–Kier alpha value is -0.930. The number of hydrogen-bond acceptors (Lipinski definition) is 2. The maximum absolute atomic E-state index is 12.2. The quantitative estimate of drug-likeness (QED) is 0.738. The van der Waals surface area contributed by atoms with E-state index in [4.69, 9.17) is 0 Å². The molecule has 1 nitrogen and oxygen atoms in total. The van der Waals surface area contributed by atoms with Gasteiger partial charge in [0.25, 0.3) is 0 Å². The third-order valence-corrected chi connectivity index (χ3v) is 5.00. The highest BCUT2D eigenvalue weighted by atomic mass is 79.9. The van der Waals surface area contributed by atoms with Gasteiger partial charge in [-0.15, -0.1) is 11.3 Å². The predicted octanol–water partition coefficient (Wildman–Crippen LogP) is 4.81. The van der Waals surface area contributed by atoms with E-state index in [1.807, 2.05) is 25.1 Å². The number of benzene rings is 1. The second kappa shape index (κ2) is 5.81. The summed E-state index contributed by atoms with van der Waals surface area (Å²) in [6.45, 7) is 4.14. The summed E-state index contributed by atoms with van der Waals surface area (Å²) in [4.78, 5) is 14.7. The number of carbonyl (C=O) groups is 1. The van der Waals surface area contributed by atoms with Gasteiger partial charge in [-0.05, 0) is 43.2 Å². The number of hydrogen-bond donors (Lipinski definition) is 0. The molecule has 0 saturated heterocycles. The Bertz CT molecular complexity index is 572. The third kappa shape index (κ3) is 3.09.